The highest BCUT2D eigenvalue weighted by molar-refractivity contribution is 7.89. The number of hydrogen-bond donors (Lipinski definition) is 0. The van der Waals surface area contributed by atoms with Crippen molar-refractivity contribution in [3.8, 4) is 0 Å². The van der Waals surface area contributed by atoms with Crippen LogP contribution in [-0.4, -0.2) is 62.1 Å². The number of ether oxygens (including phenoxy) is 1. The first-order chi connectivity index (χ1) is 16.0. The fourth-order valence-corrected chi connectivity index (χ4v) is 5.73. The monoisotopic (exact) mass is 466 g/mol. The molecule has 0 radical (unpaired) electrons. The summed E-state index contributed by atoms with van der Waals surface area (Å²) in [5.41, 5.74) is 2.00. The number of sulfonamides is 1. The third kappa shape index (κ3) is 6.41. The van der Waals surface area contributed by atoms with E-state index in [1.54, 1.807) is 4.31 Å². The Morgan fingerprint density at radius 2 is 1.61 bits per heavy atom. The minimum atomic E-state index is -3.38. The van der Waals surface area contributed by atoms with Crippen LogP contribution >= 0.6 is 0 Å². The molecule has 1 aliphatic heterocycles. The van der Waals surface area contributed by atoms with E-state index in [-0.39, 0.29) is 24.9 Å². The molecule has 3 aromatic rings. The van der Waals surface area contributed by atoms with Crippen molar-refractivity contribution in [1.82, 2.24) is 9.21 Å². The number of carbonyl (C=O) groups is 1. The van der Waals surface area contributed by atoms with E-state index in [4.69, 9.17) is 4.74 Å². The molecule has 1 saturated heterocycles. The van der Waals surface area contributed by atoms with Gasteiger partial charge in [0, 0.05) is 26.2 Å². The number of aryl methyl sites for hydroxylation is 1. The zero-order chi connectivity index (χ0) is 23.1. The maximum Gasteiger partial charge on any atom is 0.320 e. The van der Waals surface area contributed by atoms with Crippen molar-refractivity contribution in [2.75, 3.05) is 38.5 Å². The molecule has 0 amide bonds. The highest BCUT2D eigenvalue weighted by atomic mass is 32.2. The summed E-state index contributed by atoms with van der Waals surface area (Å²) < 4.78 is 33.1. The van der Waals surface area contributed by atoms with Crippen molar-refractivity contribution in [1.29, 1.82) is 0 Å². The van der Waals surface area contributed by atoms with Gasteiger partial charge in [0.1, 0.15) is 6.61 Å². The van der Waals surface area contributed by atoms with Crippen LogP contribution in [0.2, 0.25) is 0 Å². The number of rotatable bonds is 8. The Kier molecular flexibility index (Phi) is 7.75. The van der Waals surface area contributed by atoms with Gasteiger partial charge in [-0.05, 0) is 34.7 Å². The predicted molar refractivity (Wildman–Crippen MR) is 130 cm³/mol. The van der Waals surface area contributed by atoms with E-state index in [1.807, 2.05) is 77.7 Å². The Bertz CT molecular complexity index is 1180. The van der Waals surface area contributed by atoms with Gasteiger partial charge in [0.05, 0.1) is 12.3 Å². The average Bonchev–Trinajstić information content (AvgIpc) is 3.08. The molecular weight excluding hydrogens is 436 g/mol. The van der Waals surface area contributed by atoms with E-state index < -0.39 is 10.0 Å². The van der Waals surface area contributed by atoms with Crippen molar-refractivity contribution < 1.29 is 17.9 Å². The number of carbonyl (C=O) groups excluding carboxylic acids is 1. The molecule has 33 heavy (non-hydrogen) atoms. The first kappa shape index (κ1) is 23.4. The lowest BCUT2D eigenvalue weighted by Gasteiger charge is -2.21. The highest BCUT2D eigenvalue weighted by Gasteiger charge is 2.26. The maximum atomic E-state index is 13.1. The summed E-state index contributed by atoms with van der Waals surface area (Å²) in [4.78, 5) is 14.2. The van der Waals surface area contributed by atoms with E-state index in [0.29, 0.717) is 39.0 Å². The third-order valence-corrected chi connectivity index (χ3v) is 7.92. The van der Waals surface area contributed by atoms with Crippen LogP contribution in [0.15, 0.2) is 72.8 Å². The molecular formula is C26H30N2O4S. The van der Waals surface area contributed by atoms with Crippen molar-refractivity contribution in [3.63, 3.8) is 0 Å². The van der Waals surface area contributed by atoms with Crippen LogP contribution in [0.3, 0.4) is 0 Å². The van der Waals surface area contributed by atoms with Crippen molar-refractivity contribution in [2.24, 2.45) is 0 Å². The fraction of sp³-hybridized carbons (Fsp3) is 0.346. The van der Waals surface area contributed by atoms with Crippen molar-refractivity contribution >= 4 is 26.8 Å². The summed E-state index contributed by atoms with van der Waals surface area (Å²) in [7, 11) is -3.38. The molecule has 174 valence electrons. The van der Waals surface area contributed by atoms with E-state index in [2.05, 4.69) is 0 Å². The number of hydrogen-bond acceptors (Lipinski definition) is 5. The van der Waals surface area contributed by atoms with Crippen molar-refractivity contribution in [3.05, 3.63) is 83.9 Å². The van der Waals surface area contributed by atoms with Crippen LogP contribution < -0.4 is 0 Å². The quantitative estimate of drug-likeness (QED) is 0.476. The largest absolute Gasteiger partial charge is 0.460 e. The molecule has 0 spiro atoms. The number of esters is 1. The second-order valence-electron chi connectivity index (χ2n) is 8.38. The molecule has 1 fully saturated rings. The lowest BCUT2D eigenvalue weighted by molar-refractivity contribution is -0.146. The molecule has 0 aromatic heterocycles. The molecule has 6 nitrogen and oxygen atoms in total. The van der Waals surface area contributed by atoms with Crippen LogP contribution in [0, 0.1) is 0 Å². The maximum absolute atomic E-state index is 13.1. The van der Waals surface area contributed by atoms with E-state index in [1.165, 1.54) is 0 Å². The predicted octanol–water partition coefficient (Wildman–Crippen LogP) is 3.46. The topological polar surface area (TPSA) is 66.9 Å². The number of nitrogens with zero attached hydrogens (tertiary/aromatic N) is 2. The Morgan fingerprint density at radius 3 is 2.45 bits per heavy atom. The highest BCUT2D eigenvalue weighted by Crippen LogP contribution is 2.20. The van der Waals surface area contributed by atoms with Gasteiger partial charge in [0.25, 0.3) is 0 Å². The molecule has 1 heterocycles. The molecule has 0 atom stereocenters. The summed E-state index contributed by atoms with van der Waals surface area (Å²) >= 11 is 0. The molecule has 0 saturated carbocycles. The van der Waals surface area contributed by atoms with Gasteiger partial charge in [-0.3, -0.25) is 9.69 Å². The lowest BCUT2D eigenvalue weighted by Crippen LogP contribution is -2.38. The van der Waals surface area contributed by atoms with E-state index in [0.717, 1.165) is 21.9 Å². The fourth-order valence-electron chi connectivity index (χ4n) is 4.23. The van der Waals surface area contributed by atoms with Gasteiger partial charge in [-0.1, -0.05) is 72.8 Å². The molecule has 3 aromatic carbocycles. The van der Waals surface area contributed by atoms with Crippen molar-refractivity contribution in [2.45, 2.75) is 19.4 Å². The standard InChI is InChI=1S/C26H30N2O4S/c29-26(32-21-22-8-2-1-3-9-22)20-27-15-7-16-28(18-17-27)33(30,31)19-14-24-12-6-11-23-10-4-5-13-25(23)24/h1-6,8-13H,7,14-21H2. The van der Waals surface area contributed by atoms with Crippen LogP contribution in [0.4, 0.5) is 0 Å². The van der Waals surface area contributed by atoms with Gasteiger partial charge in [0.15, 0.2) is 0 Å². The van der Waals surface area contributed by atoms with Gasteiger partial charge in [-0.25, -0.2) is 12.7 Å². The van der Waals surface area contributed by atoms with Crippen LogP contribution in [0.25, 0.3) is 10.8 Å². The van der Waals surface area contributed by atoms with Gasteiger partial charge in [-0.2, -0.15) is 0 Å². The third-order valence-electron chi connectivity index (χ3n) is 6.05. The molecule has 4 rings (SSSR count). The first-order valence-corrected chi connectivity index (χ1v) is 13.0. The number of fused-ring (bicyclic) bond motifs is 1. The summed E-state index contributed by atoms with van der Waals surface area (Å²) in [5.74, 6) is -0.203. The Morgan fingerprint density at radius 1 is 0.848 bits per heavy atom. The van der Waals surface area contributed by atoms with Gasteiger partial charge < -0.3 is 4.74 Å². The summed E-state index contributed by atoms with van der Waals surface area (Å²) in [6.07, 6.45) is 1.18. The van der Waals surface area contributed by atoms with E-state index in [9.17, 15) is 13.2 Å². The molecule has 0 aliphatic carbocycles. The molecule has 7 heteroatoms. The Hall–Kier alpha value is -2.74. The zero-order valence-corrected chi connectivity index (χ0v) is 19.5. The lowest BCUT2D eigenvalue weighted by atomic mass is 10.0. The molecule has 0 unspecified atom stereocenters. The molecule has 0 bridgehead atoms. The smallest absolute Gasteiger partial charge is 0.320 e. The molecule has 0 N–H and O–H groups in total. The van der Waals surface area contributed by atoms with Crippen LogP contribution in [0.5, 0.6) is 0 Å². The average molecular weight is 467 g/mol. The number of benzene rings is 3. The zero-order valence-electron chi connectivity index (χ0n) is 18.7. The minimum absolute atomic E-state index is 0.0835. The molecule has 1 aliphatic rings. The minimum Gasteiger partial charge on any atom is -0.460 e. The van der Waals surface area contributed by atoms with Gasteiger partial charge in [0.2, 0.25) is 10.0 Å². The van der Waals surface area contributed by atoms with E-state index >= 15 is 0 Å². The Labute approximate surface area is 195 Å². The van der Waals surface area contributed by atoms with Gasteiger partial charge >= 0.3 is 5.97 Å². The second kappa shape index (κ2) is 10.9. The van der Waals surface area contributed by atoms with Crippen LogP contribution in [-0.2, 0) is 32.6 Å². The summed E-state index contributed by atoms with van der Waals surface area (Å²) in [6, 6.07) is 23.7. The van der Waals surface area contributed by atoms with Gasteiger partial charge in [-0.15, -0.1) is 0 Å². The summed E-state index contributed by atoms with van der Waals surface area (Å²) in [5, 5.41) is 2.23. The first-order valence-electron chi connectivity index (χ1n) is 11.4. The second-order valence-corrected chi connectivity index (χ2v) is 10.5. The van der Waals surface area contributed by atoms with Crippen LogP contribution in [0.1, 0.15) is 17.5 Å². The SMILES string of the molecule is O=C(CN1CCCN(S(=O)(=O)CCc2cccc3ccccc23)CC1)OCc1ccccc1. The normalized spacial score (nSPS) is 15.9. The summed E-state index contributed by atoms with van der Waals surface area (Å²) in [6.45, 7) is 2.50. The Balaban J connectivity index is 1.28.